The summed E-state index contributed by atoms with van der Waals surface area (Å²) in [5.74, 6) is 0.208. The van der Waals surface area contributed by atoms with E-state index in [1.165, 1.54) is 25.3 Å². The molecule has 1 N–H and O–H groups in total. The summed E-state index contributed by atoms with van der Waals surface area (Å²) in [6.45, 7) is 0.122. The van der Waals surface area contributed by atoms with E-state index in [4.69, 9.17) is 15.4 Å². The second-order valence-corrected chi connectivity index (χ2v) is 7.03. The average Bonchev–Trinajstić information content (AvgIpc) is 2.52. The van der Waals surface area contributed by atoms with Crippen LogP contribution in [0.1, 0.15) is 15.9 Å². The van der Waals surface area contributed by atoms with Crippen LogP contribution in [0.2, 0.25) is 0 Å². The Balaban J connectivity index is 2.20. The van der Waals surface area contributed by atoms with Crippen molar-refractivity contribution in [2.24, 2.45) is 0 Å². The molecule has 0 atom stereocenters. The quantitative estimate of drug-likeness (QED) is 0.850. The lowest BCUT2D eigenvalue weighted by Crippen LogP contribution is -2.23. The Labute approximate surface area is 133 Å². The molecule has 22 heavy (non-hydrogen) atoms. The van der Waals surface area contributed by atoms with Crippen molar-refractivity contribution in [3.05, 3.63) is 59.7 Å². The van der Waals surface area contributed by atoms with Crippen LogP contribution >= 0.6 is 10.7 Å². The highest BCUT2D eigenvalue weighted by Gasteiger charge is 2.14. The fourth-order valence-corrected chi connectivity index (χ4v) is 2.71. The van der Waals surface area contributed by atoms with Crippen molar-refractivity contribution in [3.8, 4) is 5.75 Å². The number of rotatable bonds is 5. The van der Waals surface area contributed by atoms with Gasteiger partial charge in [-0.25, -0.2) is 8.42 Å². The highest BCUT2D eigenvalue weighted by molar-refractivity contribution is 8.13. The standard InChI is InChI=1S/C15H14ClNO4S/c1-21-14-8-7-13(22(16,19)20)9-12(14)10-17-15(18)11-5-3-2-4-6-11/h2-9H,10H2,1H3,(H,17,18). The topological polar surface area (TPSA) is 72.5 Å². The van der Waals surface area contributed by atoms with E-state index in [0.29, 0.717) is 16.9 Å². The Hall–Kier alpha value is -2.05. The average molecular weight is 340 g/mol. The van der Waals surface area contributed by atoms with Gasteiger partial charge in [0.2, 0.25) is 0 Å². The molecular formula is C15H14ClNO4S. The third kappa shape index (κ3) is 3.99. The lowest BCUT2D eigenvalue weighted by atomic mass is 10.1. The molecule has 0 aliphatic carbocycles. The predicted octanol–water partition coefficient (Wildman–Crippen LogP) is 2.55. The number of carbonyl (C=O) groups excluding carboxylic acids is 1. The molecule has 5 nitrogen and oxygen atoms in total. The van der Waals surface area contributed by atoms with Gasteiger partial charge in [-0.1, -0.05) is 18.2 Å². The SMILES string of the molecule is COc1ccc(S(=O)(=O)Cl)cc1CNC(=O)c1ccccc1. The van der Waals surface area contributed by atoms with Crippen molar-refractivity contribution < 1.29 is 17.9 Å². The zero-order valence-corrected chi connectivity index (χ0v) is 13.3. The molecule has 7 heteroatoms. The van der Waals surface area contributed by atoms with Crippen molar-refractivity contribution >= 4 is 25.6 Å². The van der Waals surface area contributed by atoms with Crippen LogP contribution in [0.5, 0.6) is 5.75 Å². The number of amides is 1. The van der Waals surface area contributed by atoms with Gasteiger partial charge in [-0.15, -0.1) is 0 Å². The fourth-order valence-electron chi connectivity index (χ4n) is 1.91. The van der Waals surface area contributed by atoms with Gasteiger partial charge in [0.25, 0.3) is 15.0 Å². The van der Waals surface area contributed by atoms with Gasteiger partial charge in [0, 0.05) is 28.4 Å². The molecule has 0 saturated carbocycles. The zero-order chi connectivity index (χ0) is 16.2. The summed E-state index contributed by atoms with van der Waals surface area (Å²) >= 11 is 0. The summed E-state index contributed by atoms with van der Waals surface area (Å²) in [4.78, 5) is 12.0. The van der Waals surface area contributed by atoms with Gasteiger partial charge >= 0.3 is 0 Å². The lowest BCUT2D eigenvalue weighted by molar-refractivity contribution is 0.0950. The fraction of sp³-hybridized carbons (Fsp3) is 0.133. The van der Waals surface area contributed by atoms with Gasteiger partial charge in [-0.05, 0) is 30.3 Å². The number of hydrogen-bond acceptors (Lipinski definition) is 4. The molecule has 116 valence electrons. The van der Waals surface area contributed by atoms with Gasteiger partial charge in [0.1, 0.15) is 5.75 Å². The second-order valence-electron chi connectivity index (χ2n) is 4.46. The molecule has 0 aliphatic rings. The molecule has 2 aromatic rings. The minimum absolute atomic E-state index is 0.0427. The van der Waals surface area contributed by atoms with E-state index in [-0.39, 0.29) is 17.3 Å². The van der Waals surface area contributed by atoms with E-state index in [9.17, 15) is 13.2 Å². The van der Waals surface area contributed by atoms with Crippen molar-refractivity contribution in [2.75, 3.05) is 7.11 Å². The molecule has 0 aliphatic heterocycles. The van der Waals surface area contributed by atoms with Gasteiger partial charge in [-0.2, -0.15) is 0 Å². The summed E-state index contributed by atoms with van der Waals surface area (Å²) in [5, 5.41) is 2.71. The first-order chi connectivity index (χ1) is 10.4. The predicted molar refractivity (Wildman–Crippen MR) is 83.6 cm³/mol. The monoisotopic (exact) mass is 339 g/mol. The number of benzene rings is 2. The highest BCUT2D eigenvalue weighted by Crippen LogP contribution is 2.24. The minimum atomic E-state index is -3.84. The molecule has 0 unspecified atom stereocenters. The first-order valence-electron chi connectivity index (χ1n) is 6.36. The molecule has 2 rings (SSSR count). The Morgan fingerprint density at radius 1 is 1.18 bits per heavy atom. The second kappa shape index (κ2) is 6.81. The van der Waals surface area contributed by atoms with Gasteiger partial charge in [0.15, 0.2) is 0 Å². The van der Waals surface area contributed by atoms with Gasteiger partial charge in [-0.3, -0.25) is 4.79 Å². The summed E-state index contributed by atoms with van der Waals surface area (Å²) in [7, 11) is 2.96. The zero-order valence-electron chi connectivity index (χ0n) is 11.7. The molecule has 0 radical (unpaired) electrons. The number of halogens is 1. The Morgan fingerprint density at radius 3 is 2.45 bits per heavy atom. The molecule has 0 bridgehead atoms. The van der Waals surface area contributed by atoms with Crippen molar-refractivity contribution in [1.29, 1.82) is 0 Å². The van der Waals surface area contributed by atoms with Crippen LogP contribution in [-0.2, 0) is 15.6 Å². The van der Waals surface area contributed by atoms with E-state index in [1.54, 1.807) is 24.3 Å². The van der Waals surface area contributed by atoms with Crippen LogP contribution in [0.15, 0.2) is 53.4 Å². The maximum Gasteiger partial charge on any atom is 0.261 e. The van der Waals surface area contributed by atoms with Crippen LogP contribution in [0.3, 0.4) is 0 Å². The molecule has 2 aromatic carbocycles. The van der Waals surface area contributed by atoms with E-state index < -0.39 is 9.05 Å². The van der Waals surface area contributed by atoms with E-state index in [0.717, 1.165) is 0 Å². The Bertz CT molecular complexity index is 775. The number of hydrogen-bond donors (Lipinski definition) is 1. The van der Waals surface area contributed by atoms with Crippen LogP contribution in [0.25, 0.3) is 0 Å². The smallest absolute Gasteiger partial charge is 0.261 e. The maximum absolute atomic E-state index is 12.0. The molecule has 1 amide bonds. The number of ether oxygens (including phenoxy) is 1. The summed E-state index contributed by atoms with van der Waals surface area (Å²) in [5.41, 5.74) is 1.04. The number of nitrogens with one attached hydrogen (secondary N) is 1. The van der Waals surface area contributed by atoms with E-state index in [2.05, 4.69) is 5.32 Å². The van der Waals surface area contributed by atoms with Crippen LogP contribution in [-0.4, -0.2) is 21.4 Å². The largest absolute Gasteiger partial charge is 0.496 e. The first kappa shape index (κ1) is 16.3. The van der Waals surface area contributed by atoms with Gasteiger partial charge in [0.05, 0.1) is 12.0 Å². The molecule has 0 aromatic heterocycles. The van der Waals surface area contributed by atoms with Gasteiger partial charge < -0.3 is 10.1 Å². The molecule has 0 spiro atoms. The normalized spacial score (nSPS) is 11.0. The summed E-state index contributed by atoms with van der Waals surface area (Å²) in [6, 6.07) is 12.9. The highest BCUT2D eigenvalue weighted by atomic mass is 35.7. The van der Waals surface area contributed by atoms with E-state index >= 15 is 0 Å². The van der Waals surface area contributed by atoms with Crippen molar-refractivity contribution in [3.63, 3.8) is 0 Å². The maximum atomic E-state index is 12.0. The summed E-state index contributed by atoms with van der Waals surface area (Å²) < 4.78 is 27.9. The Kier molecular flexibility index (Phi) is 5.05. The minimum Gasteiger partial charge on any atom is -0.496 e. The lowest BCUT2D eigenvalue weighted by Gasteiger charge is -2.11. The number of methoxy groups -OCH3 is 1. The summed E-state index contributed by atoms with van der Waals surface area (Å²) in [6.07, 6.45) is 0. The first-order valence-corrected chi connectivity index (χ1v) is 8.67. The van der Waals surface area contributed by atoms with Crippen LogP contribution in [0.4, 0.5) is 0 Å². The molecular weight excluding hydrogens is 326 g/mol. The van der Waals surface area contributed by atoms with Crippen molar-refractivity contribution in [2.45, 2.75) is 11.4 Å². The molecule has 0 fully saturated rings. The molecule has 0 heterocycles. The van der Waals surface area contributed by atoms with Crippen LogP contribution in [0, 0.1) is 0 Å². The third-order valence-corrected chi connectivity index (χ3v) is 4.36. The molecule has 0 saturated heterocycles. The number of carbonyl (C=O) groups is 1. The van der Waals surface area contributed by atoms with Crippen molar-refractivity contribution in [1.82, 2.24) is 5.32 Å². The Morgan fingerprint density at radius 2 is 1.86 bits per heavy atom. The third-order valence-electron chi connectivity index (χ3n) is 3.01. The van der Waals surface area contributed by atoms with Crippen LogP contribution < -0.4 is 10.1 Å². The van der Waals surface area contributed by atoms with E-state index in [1.807, 2.05) is 6.07 Å².